The van der Waals surface area contributed by atoms with E-state index in [0.717, 1.165) is 0 Å². The Bertz CT molecular complexity index is 320. The molecule has 3 amide bonds. The predicted molar refractivity (Wildman–Crippen MR) is 70.6 cm³/mol. The molecular formula is C11H22N4O5. The molecular weight excluding hydrogens is 268 g/mol. The number of nitrogens with one attached hydrogen (secondary N) is 3. The molecule has 0 aliphatic heterocycles. The van der Waals surface area contributed by atoms with Gasteiger partial charge in [0.2, 0.25) is 17.7 Å². The second-order valence-corrected chi connectivity index (χ2v) is 3.92. The van der Waals surface area contributed by atoms with Crippen LogP contribution < -0.4 is 21.7 Å². The molecule has 0 saturated carbocycles. The summed E-state index contributed by atoms with van der Waals surface area (Å²) in [6.45, 7) is 0.219. The molecule has 0 unspecified atom stereocenters. The van der Waals surface area contributed by atoms with E-state index in [1.54, 1.807) is 7.05 Å². The number of aliphatic hydroxyl groups excluding tert-OH is 1. The van der Waals surface area contributed by atoms with Crippen LogP contribution in [0.25, 0.3) is 0 Å². The molecule has 6 N–H and O–H groups in total. The number of ether oxygens (including phenoxy) is 1. The number of nitrogens with two attached hydrogens (primary N) is 1. The lowest BCUT2D eigenvalue weighted by molar-refractivity contribution is -0.126. The third kappa shape index (κ3) is 9.25. The van der Waals surface area contributed by atoms with E-state index in [2.05, 4.69) is 16.0 Å². The summed E-state index contributed by atoms with van der Waals surface area (Å²) in [5.74, 6) is -1.26. The fourth-order valence-electron chi connectivity index (χ4n) is 1.22. The first-order valence-corrected chi connectivity index (χ1v) is 6.19. The number of aliphatic hydroxyl groups is 1. The molecule has 116 valence electrons. The van der Waals surface area contributed by atoms with Crippen molar-refractivity contribution in [3.63, 3.8) is 0 Å². The summed E-state index contributed by atoms with van der Waals surface area (Å²) < 4.78 is 5.13. The Kier molecular flexibility index (Phi) is 10.2. The van der Waals surface area contributed by atoms with E-state index >= 15 is 0 Å². The Balaban J connectivity index is 3.51. The minimum atomic E-state index is -0.644. The lowest BCUT2D eigenvalue weighted by atomic mass is 10.3. The quantitative estimate of drug-likeness (QED) is 0.252. The predicted octanol–water partition coefficient (Wildman–Crippen LogP) is -3.31. The number of hydrogen-bond acceptors (Lipinski definition) is 6. The van der Waals surface area contributed by atoms with E-state index in [-0.39, 0.29) is 51.1 Å². The van der Waals surface area contributed by atoms with Gasteiger partial charge >= 0.3 is 0 Å². The van der Waals surface area contributed by atoms with Crippen LogP contribution in [0.1, 0.15) is 6.42 Å². The molecule has 0 saturated heterocycles. The Morgan fingerprint density at radius 3 is 2.50 bits per heavy atom. The van der Waals surface area contributed by atoms with Crippen molar-refractivity contribution >= 4 is 17.7 Å². The highest BCUT2D eigenvalue weighted by molar-refractivity contribution is 5.83. The highest BCUT2D eigenvalue weighted by Gasteiger charge is 2.13. The van der Waals surface area contributed by atoms with Crippen molar-refractivity contribution in [3.05, 3.63) is 0 Å². The van der Waals surface area contributed by atoms with Gasteiger partial charge in [-0.15, -0.1) is 0 Å². The summed E-state index contributed by atoms with van der Waals surface area (Å²) >= 11 is 0. The summed E-state index contributed by atoms with van der Waals surface area (Å²) in [6.07, 6.45) is 0.108. The number of carbonyl (C=O) groups excluding carboxylic acids is 3. The zero-order valence-corrected chi connectivity index (χ0v) is 11.5. The number of hydrogen-bond donors (Lipinski definition) is 5. The van der Waals surface area contributed by atoms with Gasteiger partial charge in [-0.2, -0.15) is 0 Å². The maximum Gasteiger partial charge on any atom is 0.239 e. The van der Waals surface area contributed by atoms with Crippen molar-refractivity contribution in [2.75, 3.05) is 40.0 Å². The Morgan fingerprint density at radius 1 is 1.25 bits per heavy atom. The monoisotopic (exact) mass is 290 g/mol. The van der Waals surface area contributed by atoms with Crippen LogP contribution in [0.4, 0.5) is 0 Å². The summed E-state index contributed by atoms with van der Waals surface area (Å²) in [5, 5.41) is 16.4. The third-order valence-corrected chi connectivity index (χ3v) is 2.33. The standard InChI is InChI=1S/C11H22N4O5/c1-13-8(7-16)11(19)14-3-5-20-4-2-10(18)15-6-9(12)17/h8,13,16H,2-7H2,1H3,(H2,12,17)(H,14,19)(H,15,18)/t8-/m0/s1. The van der Waals surface area contributed by atoms with E-state index in [0.29, 0.717) is 0 Å². The van der Waals surface area contributed by atoms with E-state index in [1.165, 1.54) is 0 Å². The molecule has 0 heterocycles. The van der Waals surface area contributed by atoms with Gasteiger partial charge in [-0.3, -0.25) is 14.4 Å². The molecule has 0 spiro atoms. The summed E-state index contributed by atoms with van der Waals surface area (Å²) in [4.78, 5) is 32.9. The molecule has 0 aromatic heterocycles. The van der Waals surface area contributed by atoms with Crippen LogP contribution in [0.15, 0.2) is 0 Å². The molecule has 0 aromatic rings. The molecule has 0 aliphatic rings. The van der Waals surface area contributed by atoms with E-state index in [4.69, 9.17) is 15.6 Å². The fraction of sp³-hybridized carbons (Fsp3) is 0.727. The van der Waals surface area contributed by atoms with Gasteiger partial charge in [0.1, 0.15) is 6.04 Å². The van der Waals surface area contributed by atoms with Crippen LogP contribution in [0.2, 0.25) is 0 Å². The SMILES string of the molecule is CN[C@@H](CO)C(=O)NCCOCCC(=O)NCC(N)=O. The third-order valence-electron chi connectivity index (χ3n) is 2.33. The normalized spacial score (nSPS) is 11.7. The van der Waals surface area contributed by atoms with Gasteiger partial charge < -0.3 is 31.5 Å². The van der Waals surface area contributed by atoms with E-state index in [1.807, 2.05) is 0 Å². The van der Waals surface area contributed by atoms with E-state index < -0.39 is 11.9 Å². The first-order valence-electron chi connectivity index (χ1n) is 6.19. The number of carbonyl (C=O) groups is 3. The van der Waals surface area contributed by atoms with Crippen molar-refractivity contribution < 1.29 is 24.2 Å². The first-order chi connectivity index (χ1) is 9.51. The second kappa shape index (κ2) is 11.1. The van der Waals surface area contributed by atoms with Crippen LogP contribution in [0.3, 0.4) is 0 Å². The van der Waals surface area contributed by atoms with Crippen LogP contribution in [-0.2, 0) is 19.1 Å². The molecule has 0 radical (unpaired) electrons. The highest BCUT2D eigenvalue weighted by Crippen LogP contribution is 1.84. The number of primary amides is 1. The minimum Gasteiger partial charge on any atom is -0.394 e. The number of amides is 3. The molecule has 0 aromatic carbocycles. The smallest absolute Gasteiger partial charge is 0.239 e. The zero-order chi connectivity index (χ0) is 15.4. The lowest BCUT2D eigenvalue weighted by Crippen LogP contribution is -2.45. The maximum absolute atomic E-state index is 11.4. The zero-order valence-electron chi connectivity index (χ0n) is 11.5. The van der Waals surface area contributed by atoms with Crippen LogP contribution in [0.5, 0.6) is 0 Å². The summed E-state index contributed by atoms with van der Waals surface area (Å²) in [5.41, 5.74) is 4.86. The van der Waals surface area contributed by atoms with Gasteiger partial charge in [-0.25, -0.2) is 0 Å². The number of rotatable bonds is 11. The van der Waals surface area contributed by atoms with Crippen molar-refractivity contribution in [2.24, 2.45) is 5.73 Å². The molecule has 9 nitrogen and oxygen atoms in total. The van der Waals surface area contributed by atoms with Crippen molar-refractivity contribution in [3.8, 4) is 0 Å². The van der Waals surface area contributed by atoms with Crippen molar-refractivity contribution in [1.29, 1.82) is 0 Å². The average molecular weight is 290 g/mol. The summed E-state index contributed by atoms with van der Waals surface area (Å²) in [7, 11) is 1.57. The number of likely N-dealkylation sites (N-methyl/N-ethyl adjacent to an activating group) is 1. The van der Waals surface area contributed by atoms with Crippen LogP contribution in [-0.4, -0.2) is 68.8 Å². The Labute approximate surface area is 117 Å². The van der Waals surface area contributed by atoms with Gasteiger partial charge in [0, 0.05) is 13.0 Å². The topological polar surface area (TPSA) is 143 Å². The first kappa shape index (κ1) is 18.3. The van der Waals surface area contributed by atoms with Gasteiger partial charge in [0.25, 0.3) is 0 Å². The van der Waals surface area contributed by atoms with Gasteiger partial charge in [-0.05, 0) is 7.05 Å². The maximum atomic E-state index is 11.4. The van der Waals surface area contributed by atoms with Gasteiger partial charge in [0.05, 0.1) is 26.4 Å². The van der Waals surface area contributed by atoms with Gasteiger partial charge in [-0.1, -0.05) is 0 Å². The summed E-state index contributed by atoms with van der Waals surface area (Å²) in [6, 6.07) is -0.644. The molecule has 1 atom stereocenters. The Hall–Kier alpha value is -1.71. The second-order valence-electron chi connectivity index (χ2n) is 3.92. The molecule has 0 aliphatic carbocycles. The molecule has 0 fully saturated rings. The fourth-order valence-corrected chi connectivity index (χ4v) is 1.22. The molecule has 9 heteroatoms. The van der Waals surface area contributed by atoms with Crippen LogP contribution in [0, 0.1) is 0 Å². The van der Waals surface area contributed by atoms with Crippen molar-refractivity contribution in [2.45, 2.75) is 12.5 Å². The molecule has 20 heavy (non-hydrogen) atoms. The lowest BCUT2D eigenvalue weighted by Gasteiger charge is -2.13. The van der Waals surface area contributed by atoms with Crippen molar-refractivity contribution in [1.82, 2.24) is 16.0 Å². The molecule has 0 bridgehead atoms. The van der Waals surface area contributed by atoms with Crippen LogP contribution >= 0.6 is 0 Å². The minimum absolute atomic E-state index is 0.108. The molecule has 0 rings (SSSR count). The Morgan fingerprint density at radius 2 is 1.95 bits per heavy atom. The largest absolute Gasteiger partial charge is 0.394 e. The van der Waals surface area contributed by atoms with Gasteiger partial charge in [0.15, 0.2) is 0 Å². The van der Waals surface area contributed by atoms with E-state index in [9.17, 15) is 14.4 Å². The average Bonchev–Trinajstić information content (AvgIpc) is 2.41. The highest BCUT2D eigenvalue weighted by atomic mass is 16.5.